The standard InChI is InChI=1S/C18H19INO3/c1-22-18(21)15-10-14(11-20-12-15)9-13-4-5-16(19-7-6-13)17-3-2-8-23-17/h4-7,10-12,17H,2-3,8-9H2,1H3/q-1. The van der Waals surface area contributed by atoms with Gasteiger partial charge in [0.05, 0.1) is 0 Å². The summed E-state index contributed by atoms with van der Waals surface area (Å²) in [6.07, 6.45) is 13.3. The molecule has 2 aliphatic heterocycles. The van der Waals surface area contributed by atoms with E-state index in [1.807, 2.05) is 6.07 Å². The van der Waals surface area contributed by atoms with E-state index < -0.39 is 0 Å². The predicted molar refractivity (Wildman–Crippen MR) is 83.6 cm³/mol. The van der Waals surface area contributed by atoms with Crippen molar-refractivity contribution in [3.05, 3.63) is 61.1 Å². The Kier molecular flexibility index (Phi) is 5.61. The molecule has 23 heavy (non-hydrogen) atoms. The fourth-order valence-electron chi connectivity index (χ4n) is 2.60. The van der Waals surface area contributed by atoms with Gasteiger partial charge in [0.25, 0.3) is 0 Å². The van der Waals surface area contributed by atoms with Crippen LogP contribution in [0.25, 0.3) is 0 Å². The van der Waals surface area contributed by atoms with Crippen LogP contribution in [-0.2, 0) is 15.9 Å². The molecule has 1 saturated heterocycles. The van der Waals surface area contributed by atoms with E-state index in [0.29, 0.717) is 11.7 Å². The molecule has 4 nitrogen and oxygen atoms in total. The number of aromatic nitrogens is 1. The molecule has 0 amide bonds. The van der Waals surface area contributed by atoms with E-state index in [1.54, 1.807) is 6.20 Å². The first kappa shape index (κ1) is 16.4. The van der Waals surface area contributed by atoms with Crippen LogP contribution in [0.5, 0.6) is 0 Å². The Labute approximate surface area is 146 Å². The van der Waals surface area contributed by atoms with Crippen LogP contribution in [0.4, 0.5) is 0 Å². The molecule has 1 aromatic rings. The second-order valence-corrected chi connectivity index (χ2v) is 8.03. The third kappa shape index (κ3) is 4.29. The van der Waals surface area contributed by atoms with Crippen molar-refractivity contribution in [2.45, 2.75) is 25.4 Å². The van der Waals surface area contributed by atoms with Crippen LogP contribution in [0.2, 0.25) is 0 Å². The molecule has 0 bridgehead atoms. The fraction of sp³-hybridized carbons (Fsp3) is 0.333. The molecule has 1 atom stereocenters. The molecule has 5 heteroatoms. The van der Waals surface area contributed by atoms with E-state index in [4.69, 9.17) is 9.47 Å². The van der Waals surface area contributed by atoms with Crippen molar-refractivity contribution in [1.29, 1.82) is 0 Å². The number of halogens is 1. The molecule has 0 aliphatic carbocycles. The molecule has 0 aromatic carbocycles. The number of allylic oxidation sites excluding steroid dienone is 4. The number of carbonyl (C=O) groups is 1. The van der Waals surface area contributed by atoms with E-state index in [2.05, 4.69) is 27.3 Å². The zero-order valence-corrected chi connectivity index (χ0v) is 15.2. The van der Waals surface area contributed by atoms with Crippen molar-refractivity contribution >= 4 is 5.97 Å². The van der Waals surface area contributed by atoms with Crippen molar-refractivity contribution in [3.63, 3.8) is 0 Å². The topological polar surface area (TPSA) is 48.4 Å². The monoisotopic (exact) mass is 424 g/mol. The molecular formula is C18H19INO3-. The fourth-order valence-corrected chi connectivity index (χ4v) is 4.94. The first-order valence-electron chi connectivity index (χ1n) is 7.61. The average molecular weight is 424 g/mol. The van der Waals surface area contributed by atoms with Gasteiger partial charge in [0.2, 0.25) is 0 Å². The van der Waals surface area contributed by atoms with E-state index in [1.165, 1.54) is 22.5 Å². The minimum absolute atomic E-state index is 0.101. The molecule has 0 spiro atoms. The van der Waals surface area contributed by atoms with Crippen LogP contribution >= 0.6 is 0 Å². The number of pyridine rings is 1. The summed E-state index contributed by atoms with van der Waals surface area (Å²) in [6.45, 7) is 0.887. The Hall–Kier alpha value is -1.47. The molecule has 1 aromatic heterocycles. The number of hydrogen-bond donors (Lipinski definition) is 0. The average Bonchev–Trinajstić information content (AvgIpc) is 3.02. The molecule has 1 fully saturated rings. The number of nitrogens with zero attached hydrogens (tertiary/aromatic N) is 1. The second kappa shape index (κ2) is 7.88. The van der Waals surface area contributed by atoms with Gasteiger partial charge in [-0.25, -0.2) is 0 Å². The number of hydrogen-bond acceptors (Lipinski definition) is 4. The predicted octanol–water partition coefficient (Wildman–Crippen LogP) is 0.0163. The summed E-state index contributed by atoms with van der Waals surface area (Å²) in [7, 11) is 1.38. The van der Waals surface area contributed by atoms with Gasteiger partial charge in [-0.2, -0.15) is 0 Å². The number of methoxy groups -OCH3 is 1. The third-order valence-corrected chi connectivity index (χ3v) is 6.28. The normalized spacial score (nSPS) is 21.0. The van der Waals surface area contributed by atoms with Gasteiger partial charge in [-0.1, -0.05) is 0 Å². The van der Waals surface area contributed by atoms with E-state index in [-0.39, 0.29) is 27.2 Å². The van der Waals surface area contributed by atoms with Gasteiger partial charge in [0, 0.05) is 0 Å². The SMILES string of the molecule is COC(=O)c1cncc(CC2=CC=C(C3CCCO3)[I-]C=C2)c1. The summed E-state index contributed by atoms with van der Waals surface area (Å²) < 4.78 is 14.3. The maximum absolute atomic E-state index is 11.6. The number of carbonyl (C=O) groups excluding carboxylic acids is 1. The summed E-state index contributed by atoms with van der Waals surface area (Å²) in [4.78, 5) is 15.7. The molecule has 2 aliphatic rings. The van der Waals surface area contributed by atoms with Crippen LogP contribution < -0.4 is 21.2 Å². The summed E-state index contributed by atoms with van der Waals surface area (Å²) >= 11 is -0.101. The molecule has 3 rings (SSSR count). The van der Waals surface area contributed by atoms with Crippen LogP contribution in [0.1, 0.15) is 28.8 Å². The molecule has 0 radical (unpaired) electrons. The van der Waals surface area contributed by atoms with Crippen LogP contribution in [0, 0.1) is 0 Å². The van der Waals surface area contributed by atoms with Gasteiger partial charge in [-0.15, -0.1) is 0 Å². The molecular weight excluding hydrogens is 405 g/mol. The second-order valence-electron chi connectivity index (χ2n) is 5.45. The summed E-state index contributed by atoms with van der Waals surface area (Å²) in [5, 5.41) is 0. The Morgan fingerprint density at radius 1 is 1.43 bits per heavy atom. The van der Waals surface area contributed by atoms with Crippen molar-refractivity contribution in [2.75, 3.05) is 13.7 Å². The van der Waals surface area contributed by atoms with Crippen molar-refractivity contribution in [1.82, 2.24) is 4.98 Å². The Morgan fingerprint density at radius 3 is 3.13 bits per heavy atom. The van der Waals surface area contributed by atoms with E-state index in [9.17, 15) is 4.79 Å². The quantitative estimate of drug-likeness (QED) is 0.505. The van der Waals surface area contributed by atoms with Gasteiger partial charge in [0.1, 0.15) is 0 Å². The first-order valence-corrected chi connectivity index (χ1v) is 9.93. The molecule has 1 unspecified atom stereocenters. The Bertz CT molecular complexity index is 673. The van der Waals surface area contributed by atoms with Gasteiger partial charge < -0.3 is 0 Å². The molecule has 122 valence electrons. The first-order chi connectivity index (χ1) is 11.3. The van der Waals surface area contributed by atoms with Crippen molar-refractivity contribution < 1.29 is 35.5 Å². The Morgan fingerprint density at radius 2 is 2.35 bits per heavy atom. The van der Waals surface area contributed by atoms with Gasteiger partial charge in [-0.3, -0.25) is 0 Å². The van der Waals surface area contributed by atoms with Gasteiger partial charge in [-0.05, 0) is 0 Å². The zero-order chi connectivity index (χ0) is 16.1. The van der Waals surface area contributed by atoms with E-state index >= 15 is 0 Å². The summed E-state index contributed by atoms with van der Waals surface area (Å²) in [5.41, 5.74) is 2.73. The van der Waals surface area contributed by atoms with Gasteiger partial charge in [0.15, 0.2) is 0 Å². The zero-order valence-electron chi connectivity index (χ0n) is 13.0. The minimum atomic E-state index is -0.351. The van der Waals surface area contributed by atoms with Crippen LogP contribution in [-0.4, -0.2) is 30.8 Å². The van der Waals surface area contributed by atoms with Crippen molar-refractivity contribution in [3.8, 4) is 0 Å². The molecule has 0 saturated carbocycles. The number of esters is 1. The summed E-state index contributed by atoms with van der Waals surface area (Å²) in [5.74, 6) is -0.351. The van der Waals surface area contributed by atoms with Crippen LogP contribution in [0.3, 0.4) is 0 Å². The maximum atomic E-state index is 11.6. The number of rotatable bonds is 4. The van der Waals surface area contributed by atoms with Crippen LogP contribution in [0.15, 0.2) is 49.9 Å². The molecule has 3 heterocycles. The van der Waals surface area contributed by atoms with E-state index in [0.717, 1.165) is 31.4 Å². The third-order valence-electron chi connectivity index (χ3n) is 3.78. The summed E-state index contributed by atoms with van der Waals surface area (Å²) in [6, 6.07) is 1.85. The Balaban J connectivity index is 1.73. The van der Waals surface area contributed by atoms with Gasteiger partial charge >= 0.3 is 147 Å². The van der Waals surface area contributed by atoms with Crippen molar-refractivity contribution in [2.24, 2.45) is 0 Å². The number of ether oxygens (including phenoxy) is 2. The molecule has 0 N–H and O–H groups in total.